The van der Waals surface area contributed by atoms with E-state index in [0.717, 1.165) is 18.2 Å². The van der Waals surface area contributed by atoms with Crippen LogP contribution in [-0.4, -0.2) is 30.1 Å². The molecule has 106 valence electrons. The molecule has 3 rings (SSSR count). The summed E-state index contributed by atoms with van der Waals surface area (Å²) in [6.07, 6.45) is 9.73. The van der Waals surface area contributed by atoms with Gasteiger partial charge in [0, 0.05) is 18.6 Å². The average Bonchev–Trinajstić information content (AvgIpc) is 3.16. The molecule has 0 bridgehead atoms. The first kappa shape index (κ1) is 13.2. The van der Waals surface area contributed by atoms with Gasteiger partial charge in [0.2, 0.25) is 0 Å². The van der Waals surface area contributed by atoms with E-state index in [9.17, 15) is 0 Å². The Balaban J connectivity index is 1.68. The predicted molar refractivity (Wildman–Crippen MR) is 77.1 cm³/mol. The lowest BCUT2D eigenvalue weighted by Crippen LogP contribution is -2.45. The van der Waals surface area contributed by atoms with E-state index in [2.05, 4.69) is 23.2 Å². The van der Waals surface area contributed by atoms with Crippen LogP contribution in [0.15, 0.2) is 22.8 Å². The van der Waals surface area contributed by atoms with Gasteiger partial charge in [-0.1, -0.05) is 13.3 Å². The molecule has 1 aliphatic heterocycles. The highest BCUT2D eigenvalue weighted by Gasteiger charge is 2.36. The van der Waals surface area contributed by atoms with Crippen molar-refractivity contribution in [3.63, 3.8) is 0 Å². The molecule has 3 nitrogen and oxygen atoms in total. The van der Waals surface area contributed by atoms with Gasteiger partial charge in [-0.3, -0.25) is 4.90 Å². The van der Waals surface area contributed by atoms with Crippen LogP contribution in [0.3, 0.4) is 0 Å². The Morgan fingerprint density at radius 1 is 1.37 bits per heavy atom. The highest BCUT2D eigenvalue weighted by atomic mass is 16.3. The molecule has 0 spiro atoms. The molecule has 2 fully saturated rings. The van der Waals surface area contributed by atoms with Crippen LogP contribution >= 0.6 is 0 Å². The highest BCUT2D eigenvalue weighted by molar-refractivity contribution is 5.07. The molecule has 0 radical (unpaired) electrons. The van der Waals surface area contributed by atoms with Crippen LogP contribution in [0.2, 0.25) is 0 Å². The third-order valence-corrected chi connectivity index (χ3v) is 4.52. The Morgan fingerprint density at radius 2 is 2.26 bits per heavy atom. The predicted octanol–water partition coefficient (Wildman–Crippen LogP) is 3.34. The second-order valence-corrected chi connectivity index (χ2v) is 6.01. The molecule has 1 saturated carbocycles. The number of piperidine rings is 1. The van der Waals surface area contributed by atoms with Gasteiger partial charge in [-0.25, -0.2) is 0 Å². The van der Waals surface area contributed by atoms with Crippen LogP contribution in [-0.2, 0) is 0 Å². The molecule has 2 atom stereocenters. The topological polar surface area (TPSA) is 28.4 Å². The Labute approximate surface area is 116 Å². The lowest BCUT2D eigenvalue weighted by molar-refractivity contribution is 0.136. The maximum atomic E-state index is 5.67. The smallest absolute Gasteiger partial charge is 0.120 e. The van der Waals surface area contributed by atoms with E-state index < -0.39 is 0 Å². The number of nitrogens with zero attached hydrogens (tertiary/aromatic N) is 1. The average molecular weight is 262 g/mol. The van der Waals surface area contributed by atoms with E-state index in [4.69, 9.17) is 4.42 Å². The maximum Gasteiger partial charge on any atom is 0.120 e. The van der Waals surface area contributed by atoms with E-state index in [-0.39, 0.29) is 0 Å². The van der Waals surface area contributed by atoms with Gasteiger partial charge in [-0.15, -0.1) is 0 Å². The second-order valence-electron chi connectivity index (χ2n) is 6.01. The first-order valence-corrected chi connectivity index (χ1v) is 7.91. The summed E-state index contributed by atoms with van der Waals surface area (Å²) in [6, 6.07) is 6.09. The number of nitrogens with one attached hydrogen (secondary N) is 1. The molecular formula is C16H26N2O. The highest BCUT2D eigenvalue weighted by Crippen LogP contribution is 2.36. The molecule has 1 aliphatic carbocycles. The summed E-state index contributed by atoms with van der Waals surface area (Å²) in [6.45, 7) is 4.65. The summed E-state index contributed by atoms with van der Waals surface area (Å²) in [5.74, 6) is 1.14. The van der Waals surface area contributed by atoms with Crippen molar-refractivity contribution in [3.8, 4) is 0 Å². The Kier molecular flexibility index (Phi) is 4.24. The van der Waals surface area contributed by atoms with Crippen molar-refractivity contribution in [1.82, 2.24) is 10.2 Å². The normalized spacial score (nSPS) is 25.7. The van der Waals surface area contributed by atoms with Gasteiger partial charge in [-0.05, 0) is 50.8 Å². The standard InChI is InChI=1S/C16H26N2O/c1-2-15(16-7-5-11-19-16)18(14-8-9-14)12-13-6-3-4-10-17-13/h5,7,11,13-15,17H,2-4,6,8-10,12H2,1H3. The van der Waals surface area contributed by atoms with Crippen molar-refractivity contribution < 1.29 is 4.42 Å². The number of furan rings is 1. The SMILES string of the molecule is CCC(c1ccco1)N(CC1CCCCN1)C1CC1. The first-order valence-electron chi connectivity index (χ1n) is 7.91. The molecule has 0 amide bonds. The second kappa shape index (κ2) is 6.10. The van der Waals surface area contributed by atoms with Crippen LogP contribution in [0.25, 0.3) is 0 Å². The molecule has 1 aromatic rings. The minimum Gasteiger partial charge on any atom is -0.468 e. The Hall–Kier alpha value is -0.800. The molecule has 1 aromatic heterocycles. The molecule has 2 aliphatic rings. The Morgan fingerprint density at radius 3 is 2.84 bits per heavy atom. The lowest BCUT2D eigenvalue weighted by atomic mass is 10.0. The van der Waals surface area contributed by atoms with Gasteiger partial charge in [0.05, 0.1) is 12.3 Å². The van der Waals surface area contributed by atoms with Crippen molar-refractivity contribution in [2.45, 2.75) is 63.6 Å². The maximum absolute atomic E-state index is 5.67. The number of hydrogen-bond acceptors (Lipinski definition) is 3. The molecule has 1 saturated heterocycles. The lowest BCUT2D eigenvalue weighted by Gasteiger charge is -2.35. The zero-order chi connectivity index (χ0) is 13.1. The van der Waals surface area contributed by atoms with Crippen molar-refractivity contribution in [2.75, 3.05) is 13.1 Å². The zero-order valence-corrected chi connectivity index (χ0v) is 12.0. The van der Waals surface area contributed by atoms with E-state index in [1.165, 1.54) is 45.2 Å². The van der Waals surface area contributed by atoms with Gasteiger partial charge < -0.3 is 9.73 Å². The monoisotopic (exact) mass is 262 g/mol. The minimum atomic E-state index is 0.464. The molecule has 0 aromatic carbocycles. The summed E-state index contributed by atoms with van der Waals surface area (Å²) >= 11 is 0. The molecule has 3 heteroatoms. The van der Waals surface area contributed by atoms with Crippen molar-refractivity contribution >= 4 is 0 Å². The zero-order valence-electron chi connectivity index (χ0n) is 12.0. The fraction of sp³-hybridized carbons (Fsp3) is 0.750. The summed E-state index contributed by atoms with van der Waals surface area (Å²) in [5.41, 5.74) is 0. The minimum absolute atomic E-state index is 0.464. The first-order chi connectivity index (χ1) is 9.38. The van der Waals surface area contributed by atoms with E-state index in [0.29, 0.717) is 12.1 Å². The summed E-state index contributed by atoms with van der Waals surface area (Å²) in [4.78, 5) is 2.70. The number of hydrogen-bond donors (Lipinski definition) is 1. The fourth-order valence-corrected chi connectivity index (χ4v) is 3.35. The van der Waals surface area contributed by atoms with Gasteiger partial charge in [0.25, 0.3) is 0 Å². The summed E-state index contributed by atoms with van der Waals surface area (Å²) in [5, 5.41) is 3.68. The third-order valence-electron chi connectivity index (χ3n) is 4.52. The molecule has 19 heavy (non-hydrogen) atoms. The van der Waals surface area contributed by atoms with Crippen molar-refractivity contribution in [3.05, 3.63) is 24.2 Å². The van der Waals surface area contributed by atoms with Crippen LogP contribution in [0, 0.1) is 0 Å². The van der Waals surface area contributed by atoms with Gasteiger partial charge in [0.15, 0.2) is 0 Å². The largest absolute Gasteiger partial charge is 0.468 e. The van der Waals surface area contributed by atoms with Crippen LogP contribution in [0.4, 0.5) is 0 Å². The van der Waals surface area contributed by atoms with E-state index in [1.54, 1.807) is 0 Å². The molecule has 2 heterocycles. The van der Waals surface area contributed by atoms with Crippen molar-refractivity contribution in [2.24, 2.45) is 0 Å². The van der Waals surface area contributed by atoms with Crippen LogP contribution in [0.5, 0.6) is 0 Å². The fourth-order valence-electron chi connectivity index (χ4n) is 3.35. The molecule has 2 unspecified atom stereocenters. The number of rotatable bonds is 6. The van der Waals surface area contributed by atoms with Gasteiger partial charge in [-0.2, -0.15) is 0 Å². The summed E-state index contributed by atoms with van der Waals surface area (Å²) < 4.78 is 5.67. The van der Waals surface area contributed by atoms with Crippen LogP contribution in [0.1, 0.15) is 57.3 Å². The quantitative estimate of drug-likeness (QED) is 0.852. The third kappa shape index (κ3) is 3.21. The summed E-state index contributed by atoms with van der Waals surface area (Å²) in [7, 11) is 0. The molecular weight excluding hydrogens is 236 g/mol. The molecule has 1 N–H and O–H groups in total. The Bertz CT molecular complexity index is 366. The van der Waals surface area contributed by atoms with Crippen LogP contribution < -0.4 is 5.32 Å². The van der Waals surface area contributed by atoms with E-state index >= 15 is 0 Å². The van der Waals surface area contributed by atoms with Crippen molar-refractivity contribution in [1.29, 1.82) is 0 Å². The van der Waals surface area contributed by atoms with Gasteiger partial charge >= 0.3 is 0 Å². The van der Waals surface area contributed by atoms with Gasteiger partial charge in [0.1, 0.15) is 5.76 Å². The van der Waals surface area contributed by atoms with E-state index in [1.807, 2.05) is 12.3 Å².